The molecule has 1 aliphatic carbocycles. The lowest BCUT2D eigenvalue weighted by Crippen LogP contribution is -2.39. The summed E-state index contributed by atoms with van der Waals surface area (Å²) < 4.78 is -0.402. The minimum Gasteiger partial charge on any atom is -0.289 e. The van der Waals surface area contributed by atoms with E-state index in [0.717, 1.165) is 23.8 Å². The van der Waals surface area contributed by atoms with Crippen molar-refractivity contribution in [3.8, 4) is 0 Å². The van der Waals surface area contributed by atoms with Crippen molar-refractivity contribution in [3.63, 3.8) is 0 Å². The second-order valence-electron chi connectivity index (χ2n) is 9.04. The lowest BCUT2D eigenvalue weighted by atomic mass is 9.98. The Morgan fingerprint density at radius 2 is 1.09 bits per heavy atom. The first-order valence-corrected chi connectivity index (χ1v) is 14.8. The first kappa shape index (κ1) is 22.4. The number of hydrogen-bond acceptors (Lipinski definition) is 1. The van der Waals surface area contributed by atoms with E-state index < -0.39 is 11.8 Å². The van der Waals surface area contributed by atoms with E-state index >= 15 is 0 Å². The normalized spacial score (nSPS) is 13.6. The van der Waals surface area contributed by atoms with Crippen LogP contribution in [0, 0.1) is 0 Å². The van der Waals surface area contributed by atoms with Gasteiger partial charge in [-0.2, -0.15) is 0 Å². The molecule has 3 heteroatoms. The summed E-state index contributed by atoms with van der Waals surface area (Å²) in [5.74, 6) is 0.144. The van der Waals surface area contributed by atoms with E-state index in [0.29, 0.717) is 0 Å². The van der Waals surface area contributed by atoms with Gasteiger partial charge in [-0.25, -0.2) is 0 Å². The molecule has 1 aliphatic rings. The van der Waals surface area contributed by atoms with Crippen LogP contribution >= 0.6 is 23.2 Å². The predicted molar refractivity (Wildman–Crippen MR) is 154 cm³/mol. The number of halogens is 1. The average Bonchev–Trinajstić information content (AvgIpc) is 3.35. The molecule has 5 aromatic rings. The zero-order valence-corrected chi connectivity index (χ0v) is 21.8. The Morgan fingerprint density at radius 3 is 1.60 bits per heavy atom. The molecule has 0 aliphatic heterocycles. The Kier molecular flexibility index (Phi) is 5.88. The summed E-state index contributed by atoms with van der Waals surface area (Å²) in [5.41, 5.74) is 3.52. The first-order chi connectivity index (χ1) is 17.2. The van der Waals surface area contributed by atoms with Crippen LogP contribution < -0.4 is 15.9 Å². The van der Waals surface area contributed by atoms with Crippen LogP contribution in [0.5, 0.6) is 0 Å². The largest absolute Gasteiger partial charge is 0.289 e. The minimum absolute atomic E-state index is 0.144. The highest BCUT2D eigenvalue weighted by Crippen LogP contribution is 2.62. The van der Waals surface area contributed by atoms with Crippen molar-refractivity contribution in [2.45, 2.75) is 17.4 Å². The van der Waals surface area contributed by atoms with E-state index in [4.69, 9.17) is 0 Å². The summed E-state index contributed by atoms with van der Waals surface area (Å²) in [6, 6.07) is 42.4. The van der Waals surface area contributed by atoms with Crippen LogP contribution in [0.15, 0.2) is 121 Å². The van der Waals surface area contributed by atoms with Crippen LogP contribution in [0.4, 0.5) is 0 Å². The smallest absolute Gasteiger partial charge is 0.215 e. The second kappa shape index (κ2) is 9.19. The quantitative estimate of drug-likeness (QED) is 0.132. The minimum atomic E-state index is -2.38. The van der Waals surface area contributed by atoms with Gasteiger partial charge in [0.05, 0.1) is 0 Å². The van der Waals surface area contributed by atoms with Crippen molar-refractivity contribution in [2.24, 2.45) is 0 Å². The third-order valence-electron chi connectivity index (χ3n) is 7.19. The third kappa shape index (κ3) is 3.59. The van der Waals surface area contributed by atoms with Gasteiger partial charge in [-0.1, -0.05) is 84.9 Å². The van der Waals surface area contributed by atoms with Crippen molar-refractivity contribution < 1.29 is 4.79 Å². The Bertz CT molecular complexity index is 1410. The number of hydrogen-bond donors (Lipinski definition) is 0. The van der Waals surface area contributed by atoms with Crippen LogP contribution in [-0.2, 0) is 12.8 Å². The van der Waals surface area contributed by atoms with Gasteiger partial charge < -0.3 is 0 Å². The summed E-state index contributed by atoms with van der Waals surface area (Å²) in [7, 11) is -2.38. The van der Waals surface area contributed by atoms with Crippen molar-refractivity contribution >= 4 is 55.7 Å². The summed E-state index contributed by atoms with van der Waals surface area (Å²) in [5, 5.41) is 5.94. The average molecular weight is 536 g/mol. The highest BCUT2D eigenvalue weighted by atomic mass is 79.9. The molecular formula is C32H25BrOP+. The third-order valence-corrected chi connectivity index (χ3v) is 13.7. The Morgan fingerprint density at radius 1 is 0.600 bits per heavy atom. The van der Waals surface area contributed by atoms with Gasteiger partial charge in [0.2, 0.25) is 5.78 Å². The maximum atomic E-state index is 14.5. The molecule has 1 atom stereocenters. The van der Waals surface area contributed by atoms with E-state index in [1.165, 1.54) is 32.4 Å². The molecule has 0 bridgehead atoms. The lowest BCUT2D eigenvalue weighted by Gasteiger charge is -2.31. The van der Waals surface area contributed by atoms with Crippen LogP contribution in [-0.4, -0.2) is 10.4 Å². The molecule has 0 N–H and O–H groups in total. The van der Waals surface area contributed by atoms with Crippen molar-refractivity contribution in [1.29, 1.82) is 0 Å². The molecule has 0 heterocycles. The van der Waals surface area contributed by atoms with E-state index in [1.54, 1.807) is 0 Å². The topological polar surface area (TPSA) is 17.1 Å². The lowest BCUT2D eigenvalue weighted by molar-refractivity contribution is 0.101. The van der Waals surface area contributed by atoms with Gasteiger partial charge in [0.15, 0.2) is 4.57 Å². The molecule has 0 fully saturated rings. The number of rotatable bonds is 6. The molecule has 0 amide bonds. The molecule has 6 rings (SSSR count). The summed E-state index contributed by atoms with van der Waals surface area (Å²) in [6.45, 7) is 0. The number of carbonyl (C=O) groups excluding carboxylic acids is 1. The van der Waals surface area contributed by atoms with E-state index in [9.17, 15) is 4.79 Å². The molecular weight excluding hydrogens is 511 g/mol. The van der Waals surface area contributed by atoms with Crippen LogP contribution in [0.2, 0.25) is 0 Å². The highest BCUT2D eigenvalue weighted by molar-refractivity contribution is 9.11. The number of carbonyl (C=O) groups is 1. The van der Waals surface area contributed by atoms with E-state index in [-0.39, 0.29) is 5.78 Å². The van der Waals surface area contributed by atoms with Gasteiger partial charge in [0.1, 0.15) is 23.2 Å². The standard InChI is InChI=1S/C32H25BrOP/c33-32(31(34)29-22-21-24-20-19-23-11-10-18-28(29)30(23)24)35(25-12-4-1-5-13-25,26-14-6-2-7-15-26)27-16-8-3-9-17-27/h1-18,21-22,32H,19-20H2/q+1. The Hall–Kier alpha value is -3.06. The van der Waals surface area contributed by atoms with Gasteiger partial charge in [-0.3, -0.25) is 4.79 Å². The predicted octanol–water partition coefficient (Wildman–Crippen LogP) is 6.84. The highest BCUT2D eigenvalue weighted by Gasteiger charge is 2.54. The van der Waals surface area contributed by atoms with Gasteiger partial charge >= 0.3 is 0 Å². The molecule has 5 aromatic carbocycles. The number of aryl methyl sites for hydroxylation is 2. The van der Waals surface area contributed by atoms with Crippen LogP contribution in [0.3, 0.4) is 0 Å². The zero-order valence-electron chi connectivity index (χ0n) is 19.3. The SMILES string of the molecule is O=C(c1ccc2c3c(cccc13)CC2)C(Br)[P+](c1ccccc1)(c1ccccc1)c1ccccc1. The zero-order chi connectivity index (χ0) is 23.8. The summed E-state index contributed by atoms with van der Waals surface area (Å²) in [4.78, 5) is 14.5. The monoisotopic (exact) mass is 535 g/mol. The van der Waals surface area contributed by atoms with E-state index in [2.05, 4.69) is 119 Å². The van der Waals surface area contributed by atoms with Crippen molar-refractivity contribution in [2.75, 3.05) is 0 Å². The summed E-state index contributed by atoms with van der Waals surface area (Å²) in [6.07, 6.45) is 2.11. The van der Waals surface area contributed by atoms with Crippen LogP contribution in [0.25, 0.3) is 10.8 Å². The van der Waals surface area contributed by atoms with Gasteiger partial charge in [-0.05, 0) is 87.1 Å². The molecule has 0 spiro atoms. The molecule has 0 saturated heterocycles. The fourth-order valence-corrected chi connectivity index (χ4v) is 12.1. The second-order valence-corrected chi connectivity index (χ2v) is 14.2. The fourth-order valence-electron chi connectivity index (χ4n) is 5.60. The molecule has 35 heavy (non-hydrogen) atoms. The van der Waals surface area contributed by atoms with Crippen LogP contribution in [0.1, 0.15) is 21.5 Å². The summed E-state index contributed by atoms with van der Waals surface area (Å²) >= 11 is 4.05. The number of ketones is 1. The first-order valence-electron chi connectivity index (χ1n) is 12.0. The van der Waals surface area contributed by atoms with Crippen molar-refractivity contribution in [1.82, 2.24) is 0 Å². The maximum absolute atomic E-state index is 14.5. The van der Waals surface area contributed by atoms with Gasteiger partial charge in [0, 0.05) is 5.56 Å². The molecule has 1 unspecified atom stereocenters. The molecule has 170 valence electrons. The van der Waals surface area contributed by atoms with Gasteiger partial charge in [0.25, 0.3) is 0 Å². The fraction of sp³-hybridized carbons (Fsp3) is 0.0938. The molecule has 0 aromatic heterocycles. The molecule has 0 saturated carbocycles. The number of alkyl halides is 1. The van der Waals surface area contributed by atoms with Crippen molar-refractivity contribution in [3.05, 3.63) is 138 Å². The Balaban J connectivity index is 1.62. The maximum Gasteiger partial charge on any atom is 0.215 e. The molecule has 1 nitrogen and oxygen atoms in total. The molecule has 0 radical (unpaired) electrons. The van der Waals surface area contributed by atoms with E-state index in [1.807, 2.05) is 18.2 Å². The number of Topliss-reactive ketones (excluding diaryl/α,β-unsaturated/α-hetero) is 1. The number of benzene rings is 5. The van der Waals surface area contributed by atoms with Gasteiger partial charge in [-0.15, -0.1) is 0 Å². The Labute approximate surface area is 215 Å².